The molecule has 0 saturated carbocycles. The lowest BCUT2D eigenvalue weighted by molar-refractivity contribution is 0.669. The lowest BCUT2D eigenvalue weighted by Gasteiger charge is -2.27. The number of hydrogen-bond acceptors (Lipinski definition) is 2. The molecule has 0 spiro atoms. The third-order valence-corrected chi connectivity index (χ3v) is 12.7. The Morgan fingerprint density at radius 1 is 0.234 bits per heavy atom. The molecule has 64 heavy (non-hydrogen) atoms. The van der Waals surface area contributed by atoms with E-state index in [2.05, 4.69) is 241 Å². The van der Waals surface area contributed by atoms with E-state index in [1.807, 2.05) is 12.1 Å². The van der Waals surface area contributed by atoms with Gasteiger partial charge in [-0.1, -0.05) is 194 Å². The highest BCUT2D eigenvalue weighted by Gasteiger charge is 2.21. The third-order valence-electron chi connectivity index (χ3n) is 12.7. The van der Waals surface area contributed by atoms with Gasteiger partial charge in [0.25, 0.3) is 0 Å². The van der Waals surface area contributed by atoms with Gasteiger partial charge in [-0.3, -0.25) is 0 Å². The molecule has 0 saturated heterocycles. The first kappa shape index (κ1) is 37.3. The van der Waals surface area contributed by atoms with E-state index in [0.717, 1.165) is 44.6 Å². The lowest BCUT2D eigenvalue weighted by Crippen LogP contribution is -2.10. The summed E-state index contributed by atoms with van der Waals surface area (Å²) >= 11 is 0. The Morgan fingerprint density at radius 3 is 1.38 bits per heavy atom. The van der Waals surface area contributed by atoms with Gasteiger partial charge < -0.3 is 9.32 Å². The molecule has 300 valence electrons. The Morgan fingerprint density at radius 2 is 0.703 bits per heavy atom. The van der Waals surface area contributed by atoms with Gasteiger partial charge in [-0.05, 0) is 132 Å². The van der Waals surface area contributed by atoms with Crippen LogP contribution in [0.25, 0.3) is 99.1 Å². The van der Waals surface area contributed by atoms with E-state index < -0.39 is 0 Å². The summed E-state index contributed by atoms with van der Waals surface area (Å²) in [5, 5.41) is 7.19. The molecule has 12 aromatic rings. The topological polar surface area (TPSA) is 16.4 Å². The molecule has 0 aliphatic heterocycles. The Balaban J connectivity index is 1.03. The molecule has 0 bridgehead atoms. The van der Waals surface area contributed by atoms with E-state index >= 15 is 0 Å². The summed E-state index contributed by atoms with van der Waals surface area (Å²) < 4.78 is 6.31. The first-order chi connectivity index (χ1) is 31.7. The molecule has 2 nitrogen and oxygen atoms in total. The number of fused-ring (bicyclic) bond motifs is 6. The predicted molar refractivity (Wildman–Crippen MR) is 271 cm³/mol. The second-order valence-electron chi connectivity index (χ2n) is 16.4. The van der Waals surface area contributed by atoms with Crippen LogP contribution in [0.1, 0.15) is 0 Å². The number of benzene rings is 11. The molecule has 0 aliphatic rings. The maximum absolute atomic E-state index is 6.31. The number of hydrogen-bond donors (Lipinski definition) is 0. The van der Waals surface area contributed by atoms with Gasteiger partial charge in [-0.25, -0.2) is 0 Å². The maximum atomic E-state index is 6.31. The van der Waals surface area contributed by atoms with Gasteiger partial charge in [-0.2, -0.15) is 0 Å². The van der Waals surface area contributed by atoms with Crippen molar-refractivity contribution in [2.24, 2.45) is 0 Å². The minimum atomic E-state index is 0.874. The van der Waals surface area contributed by atoms with Crippen LogP contribution in [0, 0.1) is 0 Å². The molecule has 0 atom stereocenters. The van der Waals surface area contributed by atoms with E-state index in [4.69, 9.17) is 4.42 Å². The molecular weight excluding hydrogens is 775 g/mol. The second-order valence-corrected chi connectivity index (χ2v) is 16.4. The van der Waals surface area contributed by atoms with E-state index in [0.29, 0.717) is 0 Å². The van der Waals surface area contributed by atoms with E-state index in [1.165, 1.54) is 71.6 Å². The van der Waals surface area contributed by atoms with Crippen LogP contribution in [0.4, 0.5) is 17.1 Å². The number of anilines is 3. The van der Waals surface area contributed by atoms with Crippen molar-refractivity contribution in [2.45, 2.75) is 0 Å². The quantitative estimate of drug-likeness (QED) is 0.142. The molecule has 0 amide bonds. The fraction of sp³-hybridized carbons (Fsp3) is 0. The van der Waals surface area contributed by atoms with E-state index in [-0.39, 0.29) is 0 Å². The Kier molecular flexibility index (Phi) is 9.20. The number of nitrogens with zero attached hydrogens (tertiary/aromatic N) is 1. The molecule has 2 heteroatoms. The fourth-order valence-electron chi connectivity index (χ4n) is 9.68. The Hall–Kier alpha value is -8.46. The van der Waals surface area contributed by atoms with Crippen molar-refractivity contribution in [3.63, 3.8) is 0 Å². The summed E-state index contributed by atoms with van der Waals surface area (Å²) in [6.07, 6.45) is 0. The Bertz CT molecular complexity index is 3630. The van der Waals surface area contributed by atoms with Gasteiger partial charge in [0.15, 0.2) is 0 Å². The van der Waals surface area contributed by atoms with Crippen molar-refractivity contribution in [1.82, 2.24) is 0 Å². The minimum Gasteiger partial charge on any atom is -0.456 e. The zero-order valence-electron chi connectivity index (χ0n) is 35.0. The highest BCUT2D eigenvalue weighted by molar-refractivity contribution is 6.22. The average Bonchev–Trinajstić information content (AvgIpc) is 3.75. The summed E-state index contributed by atoms with van der Waals surface area (Å²) in [4.78, 5) is 2.37. The van der Waals surface area contributed by atoms with Crippen molar-refractivity contribution >= 4 is 60.5 Å². The maximum Gasteiger partial charge on any atom is 0.135 e. The number of para-hydroxylation sites is 1. The van der Waals surface area contributed by atoms with Crippen LogP contribution in [0.2, 0.25) is 0 Å². The molecule has 0 radical (unpaired) electrons. The smallest absolute Gasteiger partial charge is 0.135 e. The van der Waals surface area contributed by atoms with Gasteiger partial charge in [0.2, 0.25) is 0 Å². The van der Waals surface area contributed by atoms with Crippen LogP contribution >= 0.6 is 0 Å². The molecule has 0 unspecified atom stereocenters. The van der Waals surface area contributed by atoms with Crippen LogP contribution in [-0.2, 0) is 0 Å². The van der Waals surface area contributed by atoms with Gasteiger partial charge >= 0.3 is 0 Å². The van der Waals surface area contributed by atoms with Crippen LogP contribution in [0.3, 0.4) is 0 Å². The average molecular weight is 816 g/mol. The predicted octanol–water partition coefficient (Wildman–Crippen LogP) is 17.7. The summed E-state index contributed by atoms with van der Waals surface area (Å²) in [6, 6.07) is 89.7. The molecular formula is C62H41NO. The fourth-order valence-corrected chi connectivity index (χ4v) is 9.68. The molecule has 11 aromatic carbocycles. The van der Waals surface area contributed by atoms with Crippen LogP contribution in [-0.4, -0.2) is 0 Å². The normalized spacial score (nSPS) is 11.4. The molecule has 1 aromatic heterocycles. The van der Waals surface area contributed by atoms with Gasteiger partial charge in [0, 0.05) is 27.8 Å². The van der Waals surface area contributed by atoms with Crippen LogP contribution in [0.15, 0.2) is 253 Å². The summed E-state index contributed by atoms with van der Waals surface area (Å²) in [5.41, 5.74) is 16.9. The SMILES string of the molecule is c1ccc(-c2ccc(N(c3ccc(-c4ccc5c(c4)c(-c4ccccc4)c(-c4ccccc4)c4ccccc45)cc3)c3ccc4oc5ccccc5c4c3)cc2-c2ccccc2)cc1. The first-order valence-electron chi connectivity index (χ1n) is 21.9. The Labute approximate surface area is 372 Å². The molecule has 0 aliphatic carbocycles. The largest absolute Gasteiger partial charge is 0.456 e. The van der Waals surface area contributed by atoms with Crippen LogP contribution < -0.4 is 4.90 Å². The zero-order chi connectivity index (χ0) is 42.4. The summed E-state index contributed by atoms with van der Waals surface area (Å²) in [5.74, 6) is 0. The van der Waals surface area contributed by atoms with Gasteiger partial charge in [0.1, 0.15) is 11.2 Å². The standard InChI is InChI=1S/C62H41NO/c1-5-17-43(18-6-1)51-37-34-49(40-56(51)44-19-7-2-8-20-44)63(50-35-38-60-57(41-50)54-26-15-16-28-59(54)64-60)48-32-29-42(30-33-48)47-31-36-53-52-25-13-14-27-55(52)61(45-21-9-3-10-22-45)62(58(53)39-47)46-23-11-4-12-24-46/h1-41H. The zero-order valence-corrected chi connectivity index (χ0v) is 35.0. The number of furan rings is 1. The monoisotopic (exact) mass is 815 g/mol. The third kappa shape index (κ3) is 6.52. The first-order valence-corrected chi connectivity index (χ1v) is 21.9. The minimum absolute atomic E-state index is 0.874. The van der Waals surface area contributed by atoms with Gasteiger partial charge in [-0.15, -0.1) is 0 Å². The van der Waals surface area contributed by atoms with Crippen molar-refractivity contribution in [2.75, 3.05) is 4.90 Å². The summed E-state index contributed by atoms with van der Waals surface area (Å²) in [7, 11) is 0. The molecule has 0 N–H and O–H groups in total. The number of rotatable bonds is 8. The van der Waals surface area contributed by atoms with Gasteiger partial charge in [0.05, 0.1) is 0 Å². The van der Waals surface area contributed by atoms with E-state index in [1.54, 1.807) is 0 Å². The van der Waals surface area contributed by atoms with Crippen molar-refractivity contribution in [3.8, 4) is 55.6 Å². The molecule has 12 rings (SSSR count). The highest BCUT2D eigenvalue weighted by atomic mass is 16.3. The second kappa shape index (κ2) is 15.8. The highest BCUT2D eigenvalue weighted by Crippen LogP contribution is 2.47. The van der Waals surface area contributed by atoms with Crippen molar-refractivity contribution < 1.29 is 4.42 Å². The molecule has 1 heterocycles. The summed E-state index contributed by atoms with van der Waals surface area (Å²) in [6.45, 7) is 0. The molecule has 0 fully saturated rings. The van der Waals surface area contributed by atoms with E-state index in [9.17, 15) is 0 Å². The lowest BCUT2D eigenvalue weighted by atomic mass is 9.84. The van der Waals surface area contributed by atoms with Crippen LogP contribution in [0.5, 0.6) is 0 Å². The van der Waals surface area contributed by atoms with Crippen molar-refractivity contribution in [1.29, 1.82) is 0 Å². The van der Waals surface area contributed by atoms with Crippen molar-refractivity contribution in [3.05, 3.63) is 249 Å².